The molecule has 0 amide bonds. The molecule has 4 nitrogen and oxygen atoms in total. The number of aryl methyl sites for hydroxylation is 1. The van der Waals surface area contributed by atoms with E-state index in [9.17, 15) is 5.11 Å². The molecule has 1 atom stereocenters. The first-order valence-corrected chi connectivity index (χ1v) is 8.02. The van der Waals surface area contributed by atoms with E-state index in [4.69, 9.17) is 5.73 Å². The monoisotopic (exact) mass is 275 g/mol. The van der Waals surface area contributed by atoms with E-state index in [-0.39, 0.29) is 12.0 Å². The Hall–Kier alpha value is -0.870. The molecule has 3 N–H and O–H groups in total. The highest BCUT2D eigenvalue weighted by Gasteiger charge is 2.53. The van der Waals surface area contributed by atoms with Crippen molar-refractivity contribution in [3.8, 4) is 0 Å². The second kappa shape index (κ2) is 4.31. The number of rotatable bonds is 3. The lowest BCUT2D eigenvalue weighted by Crippen LogP contribution is -2.49. The Morgan fingerprint density at radius 1 is 1.30 bits per heavy atom. The zero-order chi connectivity index (χ0) is 13.9. The van der Waals surface area contributed by atoms with Crippen LogP contribution in [0.5, 0.6) is 0 Å². The summed E-state index contributed by atoms with van der Waals surface area (Å²) in [7, 11) is 1.93. The number of aliphatic hydroxyl groups excluding tert-OH is 1. The fraction of sp³-hybridized carbons (Fsp3) is 0.812. The van der Waals surface area contributed by atoms with Crippen LogP contribution in [0.2, 0.25) is 0 Å². The molecule has 4 fully saturated rings. The summed E-state index contributed by atoms with van der Waals surface area (Å²) in [6.45, 7) is 0.277. The first-order chi connectivity index (χ1) is 9.61. The number of aliphatic hydroxyl groups is 1. The van der Waals surface area contributed by atoms with Crippen molar-refractivity contribution >= 4 is 0 Å². The van der Waals surface area contributed by atoms with Gasteiger partial charge in [0.1, 0.15) is 6.10 Å². The first kappa shape index (κ1) is 12.8. The molecule has 1 heterocycles. The van der Waals surface area contributed by atoms with Gasteiger partial charge in [-0.1, -0.05) is 0 Å². The van der Waals surface area contributed by atoms with E-state index in [2.05, 4.69) is 5.10 Å². The number of hydrogen-bond donors (Lipinski definition) is 2. The van der Waals surface area contributed by atoms with E-state index in [0.717, 1.165) is 23.4 Å². The molecule has 4 saturated carbocycles. The van der Waals surface area contributed by atoms with Gasteiger partial charge in [-0.05, 0) is 61.7 Å². The molecule has 4 heteroatoms. The van der Waals surface area contributed by atoms with Gasteiger partial charge in [0.05, 0.1) is 11.9 Å². The smallest absolute Gasteiger partial charge is 0.108 e. The molecular weight excluding hydrogens is 250 g/mol. The fourth-order valence-electron chi connectivity index (χ4n) is 5.80. The Kier molecular flexibility index (Phi) is 2.77. The zero-order valence-electron chi connectivity index (χ0n) is 12.3. The lowest BCUT2D eigenvalue weighted by atomic mass is 9.48. The third-order valence-electron chi connectivity index (χ3n) is 6.13. The second-order valence-corrected chi connectivity index (χ2v) is 7.52. The molecule has 4 aliphatic carbocycles. The number of nitrogens with zero attached hydrogens (tertiary/aromatic N) is 2. The van der Waals surface area contributed by atoms with Crippen molar-refractivity contribution in [3.63, 3.8) is 0 Å². The average molecular weight is 275 g/mol. The van der Waals surface area contributed by atoms with Crippen LogP contribution >= 0.6 is 0 Å². The summed E-state index contributed by atoms with van der Waals surface area (Å²) in [6.07, 6.45) is 9.66. The van der Waals surface area contributed by atoms with Gasteiger partial charge in [-0.25, -0.2) is 0 Å². The van der Waals surface area contributed by atoms with Gasteiger partial charge >= 0.3 is 0 Å². The highest BCUT2D eigenvalue weighted by molar-refractivity contribution is 5.33. The van der Waals surface area contributed by atoms with Crippen LogP contribution in [-0.2, 0) is 12.5 Å². The van der Waals surface area contributed by atoms with E-state index in [1.54, 1.807) is 0 Å². The normalized spacial score (nSPS) is 40.2. The Balaban J connectivity index is 1.77. The summed E-state index contributed by atoms with van der Waals surface area (Å²) in [5.41, 5.74) is 8.26. The van der Waals surface area contributed by atoms with Crippen LogP contribution in [0.15, 0.2) is 6.20 Å². The van der Waals surface area contributed by atoms with Crippen molar-refractivity contribution in [1.82, 2.24) is 9.78 Å². The van der Waals surface area contributed by atoms with Crippen LogP contribution in [0.4, 0.5) is 0 Å². The maximum Gasteiger partial charge on any atom is 0.108 e. The van der Waals surface area contributed by atoms with Gasteiger partial charge in [0.2, 0.25) is 0 Å². The van der Waals surface area contributed by atoms with Gasteiger partial charge in [0.15, 0.2) is 0 Å². The molecule has 1 unspecified atom stereocenters. The molecule has 4 bridgehead atoms. The molecule has 0 aliphatic heterocycles. The second-order valence-electron chi connectivity index (χ2n) is 7.52. The maximum absolute atomic E-state index is 10.3. The minimum Gasteiger partial charge on any atom is -0.385 e. The molecule has 110 valence electrons. The van der Waals surface area contributed by atoms with Gasteiger partial charge in [-0.2, -0.15) is 5.10 Å². The lowest BCUT2D eigenvalue weighted by Gasteiger charge is -2.57. The molecular formula is C16H25N3O. The van der Waals surface area contributed by atoms with Crippen LogP contribution in [0.25, 0.3) is 0 Å². The summed E-state index contributed by atoms with van der Waals surface area (Å²) < 4.78 is 1.84. The van der Waals surface area contributed by atoms with Crippen molar-refractivity contribution in [1.29, 1.82) is 0 Å². The minimum absolute atomic E-state index is 0.277. The Labute approximate surface area is 120 Å². The molecule has 20 heavy (non-hydrogen) atoms. The van der Waals surface area contributed by atoms with E-state index >= 15 is 0 Å². The fourth-order valence-corrected chi connectivity index (χ4v) is 5.80. The summed E-state index contributed by atoms with van der Waals surface area (Å²) in [4.78, 5) is 0. The van der Waals surface area contributed by atoms with E-state index in [1.807, 2.05) is 17.9 Å². The lowest BCUT2D eigenvalue weighted by molar-refractivity contribution is -0.00669. The van der Waals surface area contributed by atoms with Crippen molar-refractivity contribution in [2.24, 2.45) is 30.5 Å². The highest BCUT2D eigenvalue weighted by Crippen LogP contribution is 2.61. The van der Waals surface area contributed by atoms with Crippen LogP contribution < -0.4 is 5.73 Å². The number of hydrogen-bond acceptors (Lipinski definition) is 3. The molecule has 1 aromatic rings. The Morgan fingerprint density at radius 3 is 2.35 bits per heavy atom. The first-order valence-electron chi connectivity index (χ1n) is 8.02. The highest BCUT2D eigenvalue weighted by atomic mass is 16.3. The molecule has 1 aromatic heterocycles. The molecule has 5 rings (SSSR count). The van der Waals surface area contributed by atoms with E-state index in [0.29, 0.717) is 0 Å². The van der Waals surface area contributed by atoms with E-state index < -0.39 is 6.10 Å². The van der Waals surface area contributed by atoms with Gasteiger partial charge in [-0.15, -0.1) is 0 Å². The third kappa shape index (κ3) is 1.70. The standard InChI is InChI=1S/C16H25N3O/c1-19-15(14(20)8-17)13(9-18-19)16-5-10-2-11(6-16)4-12(3-10)7-16/h9-12,14,20H,2-8,17H2,1H3. The van der Waals surface area contributed by atoms with Crippen molar-refractivity contribution in [3.05, 3.63) is 17.5 Å². The minimum atomic E-state index is -0.578. The predicted octanol–water partition coefficient (Wildman–Crippen LogP) is 1.88. The topological polar surface area (TPSA) is 64.1 Å². The molecule has 0 radical (unpaired) electrons. The van der Waals surface area contributed by atoms with Crippen LogP contribution in [0.1, 0.15) is 55.9 Å². The maximum atomic E-state index is 10.3. The van der Waals surface area contributed by atoms with Crippen molar-refractivity contribution in [2.75, 3.05) is 6.54 Å². The number of aromatic nitrogens is 2. The summed E-state index contributed by atoms with van der Waals surface area (Å²) in [6, 6.07) is 0. The quantitative estimate of drug-likeness (QED) is 0.885. The predicted molar refractivity (Wildman–Crippen MR) is 77.1 cm³/mol. The molecule has 0 aromatic carbocycles. The molecule has 0 spiro atoms. The summed E-state index contributed by atoms with van der Waals surface area (Å²) in [5, 5.41) is 14.7. The van der Waals surface area contributed by atoms with E-state index in [1.165, 1.54) is 44.1 Å². The van der Waals surface area contributed by atoms with Crippen LogP contribution in [0, 0.1) is 17.8 Å². The SMILES string of the molecule is Cn1ncc(C23CC4CC(CC(C4)C2)C3)c1C(O)CN. The Bertz CT molecular complexity index is 487. The molecule has 0 saturated heterocycles. The van der Waals surface area contributed by atoms with Crippen LogP contribution in [0.3, 0.4) is 0 Å². The van der Waals surface area contributed by atoms with Crippen molar-refractivity contribution in [2.45, 2.75) is 50.0 Å². The summed E-state index contributed by atoms with van der Waals surface area (Å²) >= 11 is 0. The summed E-state index contributed by atoms with van der Waals surface area (Å²) in [5.74, 6) is 2.72. The van der Waals surface area contributed by atoms with Gasteiger partial charge in [-0.3, -0.25) is 4.68 Å². The zero-order valence-corrected chi connectivity index (χ0v) is 12.3. The van der Waals surface area contributed by atoms with Gasteiger partial charge < -0.3 is 10.8 Å². The number of nitrogens with two attached hydrogens (primary N) is 1. The average Bonchev–Trinajstić information content (AvgIpc) is 2.79. The van der Waals surface area contributed by atoms with Crippen LogP contribution in [-0.4, -0.2) is 21.4 Å². The van der Waals surface area contributed by atoms with Gasteiger partial charge in [0.25, 0.3) is 0 Å². The third-order valence-corrected chi connectivity index (χ3v) is 6.13. The molecule has 4 aliphatic rings. The van der Waals surface area contributed by atoms with Crippen molar-refractivity contribution < 1.29 is 5.11 Å². The van der Waals surface area contributed by atoms with Gasteiger partial charge in [0, 0.05) is 19.2 Å². The largest absolute Gasteiger partial charge is 0.385 e. The Morgan fingerprint density at radius 2 is 1.85 bits per heavy atom.